The molecular formula is C11H19N3O2. The van der Waals surface area contributed by atoms with E-state index in [1.165, 1.54) is 25.7 Å². The van der Waals surface area contributed by atoms with Crippen molar-refractivity contribution in [1.82, 2.24) is 10.1 Å². The highest BCUT2D eigenvalue weighted by atomic mass is 16.5. The number of rotatable bonds is 3. The average molecular weight is 225 g/mol. The van der Waals surface area contributed by atoms with E-state index in [9.17, 15) is 5.11 Å². The van der Waals surface area contributed by atoms with Gasteiger partial charge in [0.15, 0.2) is 5.82 Å². The molecule has 1 atom stereocenters. The highest BCUT2D eigenvalue weighted by molar-refractivity contribution is 4.98. The molecule has 0 bridgehead atoms. The SMILES string of the molecule is NC[C@H](O)c1nc(C2CCCCCC2)no1. The average Bonchev–Trinajstić information content (AvgIpc) is 2.64. The van der Waals surface area contributed by atoms with E-state index >= 15 is 0 Å². The second kappa shape index (κ2) is 5.41. The maximum atomic E-state index is 9.48. The van der Waals surface area contributed by atoms with Crippen LogP contribution in [-0.4, -0.2) is 21.8 Å². The molecule has 1 heterocycles. The largest absolute Gasteiger partial charge is 0.382 e. The Morgan fingerprint density at radius 3 is 2.62 bits per heavy atom. The number of nitrogens with two attached hydrogens (primary N) is 1. The Morgan fingerprint density at radius 1 is 1.31 bits per heavy atom. The fraction of sp³-hybridized carbons (Fsp3) is 0.818. The number of nitrogens with zero attached hydrogens (tertiary/aromatic N) is 2. The van der Waals surface area contributed by atoms with E-state index in [0.29, 0.717) is 5.92 Å². The number of aliphatic hydroxyl groups is 1. The maximum Gasteiger partial charge on any atom is 0.256 e. The van der Waals surface area contributed by atoms with Gasteiger partial charge in [-0.25, -0.2) is 0 Å². The molecule has 0 radical (unpaired) electrons. The lowest BCUT2D eigenvalue weighted by atomic mass is 10.00. The van der Waals surface area contributed by atoms with Gasteiger partial charge in [-0.2, -0.15) is 4.98 Å². The van der Waals surface area contributed by atoms with Crippen molar-refractivity contribution < 1.29 is 9.63 Å². The molecule has 90 valence electrons. The lowest BCUT2D eigenvalue weighted by molar-refractivity contribution is 0.141. The second-order valence-corrected chi connectivity index (χ2v) is 4.43. The molecule has 1 aromatic rings. The predicted molar refractivity (Wildman–Crippen MR) is 58.8 cm³/mol. The normalized spacial score (nSPS) is 20.6. The monoisotopic (exact) mass is 225 g/mol. The van der Waals surface area contributed by atoms with Crippen molar-refractivity contribution in [2.24, 2.45) is 5.73 Å². The molecule has 0 spiro atoms. The molecular weight excluding hydrogens is 206 g/mol. The van der Waals surface area contributed by atoms with Crippen LogP contribution in [0.4, 0.5) is 0 Å². The van der Waals surface area contributed by atoms with Crippen LogP contribution in [0.1, 0.15) is 62.3 Å². The number of hydrogen-bond donors (Lipinski definition) is 2. The first kappa shape index (κ1) is 11.5. The standard InChI is InChI=1S/C11H19N3O2/c12-7-9(15)11-13-10(14-16-11)8-5-3-1-2-4-6-8/h8-9,15H,1-7,12H2/t9-/m0/s1. The zero-order chi connectivity index (χ0) is 11.4. The summed E-state index contributed by atoms with van der Waals surface area (Å²) in [7, 11) is 0. The van der Waals surface area contributed by atoms with Crippen LogP contribution in [0.15, 0.2) is 4.52 Å². The van der Waals surface area contributed by atoms with Crippen LogP contribution in [0.5, 0.6) is 0 Å². The molecule has 3 N–H and O–H groups in total. The summed E-state index contributed by atoms with van der Waals surface area (Å²) in [5.41, 5.74) is 5.34. The van der Waals surface area contributed by atoms with E-state index in [0.717, 1.165) is 18.7 Å². The Balaban J connectivity index is 2.05. The van der Waals surface area contributed by atoms with Crippen LogP contribution < -0.4 is 5.73 Å². The highest BCUT2D eigenvalue weighted by Crippen LogP contribution is 2.30. The quantitative estimate of drug-likeness (QED) is 0.761. The first-order chi connectivity index (χ1) is 7.81. The van der Waals surface area contributed by atoms with Crippen LogP contribution >= 0.6 is 0 Å². The van der Waals surface area contributed by atoms with Crippen molar-refractivity contribution in [2.45, 2.75) is 50.5 Å². The Labute approximate surface area is 95.0 Å². The predicted octanol–water partition coefficient (Wildman–Crippen LogP) is 1.50. The van der Waals surface area contributed by atoms with Gasteiger partial charge in [0.25, 0.3) is 5.89 Å². The van der Waals surface area contributed by atoms with E-state index in [2.05, 4.69) is 10.1 Å². The summed E-state index contributed by atoms with van der Waals surface area (Å²) in [5.74, 6) is 1.39. The summed E-state index contributed by atoms with van der Waals surface area (Å²) < 4.78 is 5.02. The van der Waals surface area contributed by atoms with E-state index in [4.69, 9.17) is 10.3 Å². The van der Waals surface area contributed by atoms with Crippen molar-refractivity contribution in [3.63, 3.8) is 0 Å². The Bertz CT molecular complexity index is 319. The molecule has 5 heteroatoms. The third kappa shape index (κ3) is 2.59. The van der Waals surface area contributed by atoms with Gasteiger partial charge >= 0.3 is 0 Å². The van der Waals surface area contributed by atoms with Gasteiger partial charge in [0, 0.05) is 12.5 Å². The van der Waals surface area contributed by atoms with Crippen molar-refractivity contribution in [3.8, 4) is 0 Å². The maximum absolute atomic E-state index is 9.48. The van der Waals surface area contributed by atoms with E-state index < -0.39 is 6.10 Å². The van der Waals surface area contributed by atoms with Crippen LogP contribution in [-0.2, 0) is 0 Å². The molecule has 0 aliphatic heterocycles. The van der Waals surface area contributed by atoms with Gasteiger partial charge in [0.1, 0.15) is 6.10 Å². The number of aliphatic hydroxyl groups excluding tert-OH is 1. The van der Waals surface area contributed by atoms with Crippen molar-refractivity contribution in [2.75, 3.05) is 6.54 Å². The number of hydrogen-bond acceptors (Lipinski definition) is 5. The molecule has 16 heavy (non-hydrogen) atoms. The Kier molecular flexibility index (Phi) is 3.90. The van der Waals surface area contributed by atoms with Gasteiger partial charge < -0.3 is 15.4 Å². The Hall–Kier alpha value is -0.940. The van der Waals surface area contributed by atoms with Gasteiger partial charge in [-0.15, -0.1) is 0 Å². The van der Waals surface area contributed by atoms with Crippen LogP contribution in [0.3, 0.4) is 0 Å². The van der Waals surface area contributed by atoms with Crippen molar-refractivity contribution in [1.29, 1.82) is 0 Å². The minimum Gasteiger partial charge on any atom is -0.382 e. The molecule has 1 saturated carbocycles. The zero-order valence-corrected chi connectivity index (χ0v) is 9.43. The summed E-state index contributed by atoms with van der Waals surface area (Å²) in [6.07, 6.45) is 6.48. The summed E-state index contributed by atoms with van der Waals surface area (Å²) in [4.78, 5) is 4.24. The molecule has 0 saturated heterocycles. The molecule has 1 aliphatic rings. The summed E-state index contributed by atoms with van der Waals surface area (Å²) >= 11 is 0. The van der Waals surface area contributed by atoms with E-state index in [1.807, 2.05) is 0 Å². The minimum atomic E-state index is -0.827. The smallest absolute Gasteiger partial charge is 0.256 e. The zero-order valence-electron chi connectivity index (χ0n) is 9.43. The van der Waals surface area contributed by atoms with Crippen molar-refractivity contribution >= 4 is 0 Å². The minimum absolute atomic E-state index is 0.117. The van der Waals surface area contributed by atoms with Crippen molar-refractivity contribution in [3.05, 3.63) is 11.7 Å². The molecule has 2 rings (SSSR count). The lowest BCUT2D eigenvalue weighted by Crippen LogP contribution is -2.12. The van der Waals surface area contributed by atoms with Crippen LogP contribution in [0.25, 0.3) is 0 Å². The van der Waals surface area contributed by atoms with Gasteiger partial charge in [-0.1, -0.05) is 30.8 Å². The second-order valence-electron chi connectivity index (χ2n) is 4.43. The number of aromatic nitrogens is 2. The topological polar surface area (TPSA) is 85.2 Å². The highest BCUT2D eigenvalue weighted by Gasteiger charge is 2.21. The van der Waals surface area contributed by atoms with Gasteiger partial charge in [0.05, 0.1) is 0 Å². The lowest BCUT2D eigenvalue weighted by Gasteiger charge is -2.07. The molecule has 0 amide bonds. The van der Waals surface area contributed by atoms with Crippen LogP contribution in [0, 0.1) is 0 Å². The first-order valence-corrected chi connectivity index (χ1v) is 6.03. The molecule has 0 unspecified atom stereocenters. The fourth-order valence-corrected chi connectivity index (χ4v) is 2.19. The van der Waals surface area contributed by atoms with Gasteiger partial charge in [-0.05, 0) is 12.8 Å². The first-order valence-electron chi connectivity index (χ1n) is 6.03. The van der Waals surface area contributed by atoms with Gasteiger partial charge in [0.2, 0.25) is 0 Å². The van der Waals surface area contributed by atoms with E-state index in [1.54, 1.807) is 0 Å². The molecule has 1 aromatic heterocycles. The fourth-order valence-electron chi connectivity index (χ4n) is 2.19. The Morgan fingerprint density at radius 2 is 2.00 bits per heavy atom. The molecule has 1 aliphatic carbocycles. The summed E-state index contributed by atoms with van der Waals surface area (Å²) in [6, 6.07) is 0. The third-order valence-electron chi connectivity index (χ3n) is 3.19. The summed E-state index contributed by atoms with van der Waals surface area (Å²) in [5, 5.41) is 13.4. The van der Waals surface area contributed by atoms with Crippen LogP contribution in [0.2, 0.25) is 0 Å². The van der Waals surface area contributed by atoms with E-state index in [-0.39, 0.29) is 12.4 Å². The molecule has 0 aromatic carbocycles. The van der Waals surface area contributed by atoms with Gasteiger partial charge in [-0.3, -0.25) is 0 Å². The third-order valence-corrected chi connectivity index (χ3v) is 3.19. The molecule has 1 fully saturated rings. The summed E-state index contributed by atoms with van der Waals surface area (Å²) in [6.45, 7) is 0.117. The molecule has 5 nitrogen and oxygen atoms in total.